The fraction of sp³-hybridized carbons (Fsp3) is 0.458. The Morgan fingerprint density at radius 3 is 2.07 bits per heavy atom. The van der Waals surface area contributed by atoms with Gasteiger partial charge in [0.25, 0.3) is 0 Å². The van der Waals surface area contributed by atoms with Crippen LogP contribution < -0.4 is 14.8 Å². The fourth-order valence-electron chi connectivity index (χ4n) is 3.26. The number of carbonyl (C=O) groups excluding carboxylic acids is 1. The Morgan fingerprint density at radius 2 is 1.48 bits per heavy atom. The zero-order chi connectivity index (χ0) is 21.4. The Hall–Kier alpha value is -2.19. The maximum Gasteiger partial charge on any atom is 0.462 e. The first-order valence-electron chi connectivity index (χ1n) is 10.4. The Balaban J connectivity index is 2.35. The van der Waals surface area contributed by atoms with Crippen LogP contribution in [0.4, 0.5) is 0 Å². The Labute approximate surface area is 175 Å². The lowest BCUT2D eigenvalue weighted by Crippen LogP contribution is -2.12. The predicted octanol–water partition coefficient (Wildman–Crippen LogP) is 6.26. The fourth-order valence-corrected chi connectivity index (χ4v) is 4.57. The molecule has 1 unspecified atom stereocenters. The van der Waals surface area contributed by atoms with Gasteiger partial charge in [-0.2, -0.15) is 0 Å². The summed E-state index contributed by atoms with van der Waals surface area (Å²) in [4.78, 5) is 13.1. The van der Waals surface area contributed by atoms with Gasteiger partial charge in [-0.1, -0.05) is 49.0 Å². The molecule has 0 saturated carbocycles. The normalized spacial score (nSPS) is 11.3. The van der Waals surface area contributed by atoms with E-state index in [1.807, 2.05) is 32.9 Å². The molecule has 0 aliphatic heterocycles. The highest BCUT2D eigenvalue weighted by molar-refractivity contribution is 7.71. The molecule has 0 bridgehead atoms. The highest BCUT2D eigenvalue weighted by atomic mass is 31.1. The molecule has 5 heteroatoms. The first-order valence-corrected chi connectivity index (χ1v) is 11.6. The van der Waals surface area contributed by atoms with Gasteiger partial charge in [0.05, 0.1) is 18.8 Å². The van der Waals surface area contributed by atoms with Gasteiger partial charge < -0.3 is 9.47 Å². The van der Waals surface area contributed by atoms with Crippen molar-refractivity contribution in [3.63, 3.8) is 0 Å². The molecule has 1 atom stereocenters. The zero-order valence-corrected chi connectivity index (χ0v) is 19.1. The number of unbranched alkanes of at least 4 members (excludes halogenated alkanes) is 2. The van der Waals surface area contributed by atoms with Crippen molar-refractivity contribution < 1.29 is 18.8 Å². The van der Waals surface area contributed by atoms with Crippen LogP contribution in [0.25, 0.3) is 0 Å². The van der Waals surface area contributed by atoms with Crippen LogP contribution in [-0.4, -0.2) is 18.7 Å². The summed E-state index contributed by atoms with van der Waals surface area (Å²) in [5.74, 6) is 1.15. The molecule has 2 rings (SSSR count). The quantitative estimate of drug-likeness (QED) is 0.321. The third-order valence-electron chi connectivity index (χ3n) is 4.75. The molecule has 0 heterocycles. The molecule has 0 radical (unpaired) electrons. The molecule has 2 aromatic carbocycles. The topological polar surface area (TPSA) is 52.6 Å². The first kappa shape index (κ1) is 23.1. The van der Waals surface area contributed by atoms with Crippen LogP contribution in [0.1, 0.15) is 66.6 Å². The third-order valence-corrected chi connectivity index (χ3v) is 6.15. The van der Waals surface area contributed by atoms with Crippen molar-refractivity contribution in [3.05, 3.63) is 52.6 Å². The maximum absolute atomic E-state index is 13.2. The van der Waals surface area contributed by atoms with E-state index >= 15 is 0 Å². The van der Waals surface area contributed by atoms with E-state index in [2.05, 4.69) is 13.8 Å². The molecule has 0 spiro atoms. The van der Waals surface area contributed by atoms with Crippen molar-refractivity contribution in [2.75, 3.05) is 13.2 Å². The van der Waals surface area contributed by atoms with Crippen molar-refractivity contribution in [1.82, 2.24) is 0 Å². The molecular formula is C24H32O4P+. The minimum Gasteiger partial charge on any atom is -0.493 e. The molecule has 0 aromatic heterocycles. The van der Waals surface area contributed by atoms with Crippen molar-refractivity contribution in [3.8, 4) is 11.5 Å². The van der Waals surface area contributed by atoms with Gasteiger partial charge in [-0.3, -0.25) is 0 Å². The number of rotatable bonds is 11. The molecule has 0 aliphatic carbocycles. The number of carbonyl (C=O) groups is 1. The Bertz CT molecular complexity index is 850. The molecule has 0 aliphatic rings. The number of benzene rings is 2. The molecular weight excluding hydrogens is 383 g/mol. The van der Waals surface area contributed by atoms with Gasteiger partial charge >= 0.3 is 13.3 Å². The largest absolute Gasteiger partial charge is 0.493 e. The second-order valence-corrected chi connectivity index (χ2v) is 8.88. The van der Waals surface area contributed by atoms with E-state index in [4.69, 9.17) is 9.47 Å². The summed E-state index contributed by atoms with van der Waals surface area (Å²) in [5, 5.41) is 0.434. The minimum absolute atomic E-state index is 0.352. The van der Waals surface area contributed by atoms with Crippen molar-refractivity contribution in [1.29, 1.82) is 0 Å². The lowest BCUT2D eigenvalue weighted by molar-refractivity contribution is 0.107. The molecule has 29 heavy (non-hydrogen) atoms. The molecule has 2 aromatic rings. The SMILES string of the molecule is CCCCOc1ccc([P+](=O)C(=O)c2c(C)cc(C)cc2C)c(OCCCC)c1. The maximum atomic E-state index is 13.2. The standard InChI is InChI=1S/C24H32O4P/c1-6-8-12-27-20-10-11-22(21(16-20)28-13-9-7-2)29(26)24(25)23-18(4)14-17(3)15-19(23)5/h10-11,14-16H,6-9,12-13H2,1-5H3/q+1. The lowest BCUT2D eigenvalue weighted by Gasteiger charge is -2.10. The summed E-state index contributed by atoms with van der Waals surface area (Å²) in [7, 11) is -2.29. The number of aryl methyl sites for hydroxylation is 3. The van der Waals surface area contributed by atoms with E-state index in [-0.39, 0.29) is 5.52 Å². The Morgan fingerprint density at radius 1 is 0.897 bits per heavy atom. The van der Waals surface area contributed by atoms with E-state index in [0.29, 0.717) is 35.6 Å². The molecule has 156 valence electrons. The van der Waals surface area contributed by atoms with E-state index < -0.39 is 7.80 Å². The monoisotopic (exact) mass is 415 g/mol. The molecule has 4 nitrogen and oxygen atoms in total. The minimum atomic E-state index is -2.29. The van der Waals surface area contributed by atoms with Gasteiger partial charge in [0.15, 0.2) is 5.75 Å². The summed E-state index contributed by atoms with van der Waals surface area (Å²) in [6.07, 6.45) is 3.90. The van der Waals surface area contributed by atoms with Gasteiger partial charge in [0, 0.05) is 6.07 Å². The molecule has 0 N–H and O–H groups in total. The molecule has 0 saturated heterocycles. The van der Waals surface area contributed by atoms with Crippen LogP contribution in [0.2, 0.25) is 0 Å². The highest BCUT2D eigenvalue weighted by Crippen LogP contribution is 2.35. The van der Waals surface area contributed by atoms with Gasteiger partial charge in [-0.15, -0.1) is 0 Å². The number of hydrogen-bond acceptors (Lipinski definition) is 4. The lowest BCUT2D eigenvalue weighted by atomic mass is 10.0. The summed E-state index contributed by atoms with van der Waals surface area (Å²) in [5.41, 5.74) is 2.98. The van der Waals surface area contributed by atoms with Crippen LogP contribution in [-0.2, 0) is 4.57 Å². The summed E-state index contributed by atoms with van der Waals surface area (Å²) in [6, 6.07) is 9.14. The van der Waals surface area contributed by atoms with E-state index in [0.717, 1.165) is 42.4 Å². The van der Waals surface area contributed by atoms with Crippen LogP contribution >= 0.6 is 7.80 Å². The van der Waals surface area contributed by atoms with Crippen molar-refractivity contribution in [2.45, 2.75) is 60.3 Å². The molecule has 0 amide bonds. The van der Waals surface area contributed by atoms with Gasteiger partial charge in [0.2, 0.25) is 5.30 Å². The predicted molar refractivity (Wildman–Crippen MR) is 119 cm³/mol. The first-order chi connectivity index (χ1) is 13.9. The van der Waals surface area contributed by atoms with E-state index in [9.17, 15) is 9.36 Å². The van der Waals surface area contributed by atoms with E-state index in [1.165, 1.54) is 0 Å². The highest BCUT2D eigenvalue weighted by Gasteiger charge is 2.38. The Kier molecular flexibility index (Phi) is 8.85. The van der Waals surface area contributed by atoms with Gasteiger partial charge in [-0.25, -0.2) is 4.79 Å². The van der Waals surface area contributed by atoms with Crippen LogP contribution in [0, 0.1) is 20.8 Å². The van der Waals surface area contributed by atoms with Gasteiger partial charge in [-0.05, 0) is 56.9 Å². The summed E-state index contributed by atoms with van der Waals surface area (Å²) < 4.78 is 24.9. The van der Waals surface area contributed by atoms with Crippen LogP contribution in [0.15, 0.2) is 30.3 Å². The number of ether oxygens (including phenoxy) is 2. The number of hydrogen-bond donors (Lipinski definition) is 0. The molecule has 0 fully saturated rings. The van der Waals surface area contributed by atoms with E-state index in [1.54, 1.807) is 18.2 Å². The van der Waals surface area contributed by atoms with Gasteiger partial charge in [0.1, 0.15) is 5.75 Å². The average Bonchev–Trinajstić information content (AvgIpc) is 2.67. The van der Waals surface area contributed by atoms with Crippen molar-refractivity contribution >= 4 is 18.6 Å². The smallest absolute Gasteiger partial charge is 0.462 e. The summed E-state index contributed by atoms with van der Waals surface area (Å²) >= 11 is 0. The third kappa shape index (κ3) is 6.14. The summed E-state index contributed by atoms with van der Waals surface area (Å²) in [6.45, 7) is 11.1. The van der Waals surface area contributed by atoms with Crippen molar-refractivity contribution in [2.24, 2.45) is 0 Å². The van der Waals surface area contributed by atoms with Crippen LogP contribution in [0.3, 0.4) is 0 Å². The van der Waals surface area contributed by atoms with Crippen LogP contribution in [0.5, 0.6) is 11.5 Å². The average molecular weight is 415 g/mol. The zero-order valence-electron chi connectivity index (χ0n) is 18.2. The second kappa shape index (κ2) is 11.1. The second-order valence-electron chi connectivity index (χ2n) is 7.41.